The van der Waals surface area contributed by atoms with Crippen molar-refractivity contribution in [3.05, 3.63) is 0 Å². The molecule has 1 saturated carbocycles. The van der Waals surface area contributed by atoms with Crippen LogP contribution in [0.4, 0.5) is 0 Å². The fraction of sp³-hybridized carbons (Fsp3) is 1.00. The molecule has 112 valence electrons. The van der Waals surface area contributed by atoms with Gasteiger partial charge in [-0.1, -0.05) is 20.8 Å². The Morgan fingerprint density at radius 1 is 1.00 bits per heavy atom. The van der Waals surface area contributed by atoms with Crippen LogP contribution < -0.4 is 5.32 Å². The average Bonchev–Trinajstić information content (AvgIpc) is 2.67. The van der Waals surface area contributed by atoms with Crippen LogP contribution in [0.15, 0.2) is 0 Å². The SMILES string of the molecule is CC(C)(C)CC(C)(C)NC1CCC2(CC1)OCCO2. The Morgan fingerprint density at radius 3 is 2.00 bits per heavy atom. The molecule has 1 saturated heterocycles. The van der Waals surface area contributed by atoms with Crippen molar-refractivity contribution in [2.45, 2.75) is 84.1 Å². The molecule has 1 aliphatic carbocycles. The van der Waals surface area contributed by atoms with Crippen molar-refractivity contribution in [1.82, 2.24) is 5.32 Å². The van der Waals surface area contributed by atoms with Crippen LogP contribution in [-0.2, 0) is 9.47 Å². The van der Waals surface area contributed by atoms with Gasteiger partial charge in [-0.3, -0.25) is 0 Å². The topological polar surface area (TPSA) is 30.5 Å². The van der Waals surface area contributed by atoms with Crippen molar-refractivity contribution in [3.63, 3.8) is 0 Å². The van der Waals surface area contributed by atoms with E-state index in [-0.39, 0.29) is 11.3 Å². The highest BCUT2D eigenvalue weighted by Crippen LogP contribution is 2.37. The fourth-order valence-electron chi connectivity index (χ4n) is 3.92. The zero-order valence-corrected chi connectivity index (χ0v) is 13.3. The number of hydrogen-bond acceptors (Lipinski definition) is 3. The van der Waals surface area contributed by atoms with E-state index in [1.54, 1.807) is 0 Å². The lowest BCUT2D eigenvalue weighted by atomic mass is 9.80. The van der Waals surface area contributed by atoms with Crippen LogP contribution in [0.2, 0.25) is 0 Å². The van der Waals surface area contributed by atoms with E-state index < -0.39 is 0 Å². The van der Waals surface area contributed by atoms with E-state index in [1.807, 2.05) is 0 Å². The third-order valence-corrected chi connectivity index (χ3v) is 4.13. The van der Waals surface area contributed by atoms with Crippen molar-refractivity contribution in [2.24, 2.45) is 5.41 Å². The summed E-state index contributed by atoms with van der Waals surface area (Å²) in [5.41, 5.74) is 0.564. The molecule has 0 radical (unpaired) electrons. The molecule has 0 amide bonds. The fourth-order valence-corrected chi connectivity index (χ4v) is 3.92. The molecule has 1 aliphatic heterocycles. The maximum absolute atomic E-state index is 5.79. The van der Waals surface area contributed by atoms with E-state index >= 15 is 0 Å². The van der Waals surface area contributed by atoms with Gasteiger partial charge in [-0.25, -0.2) is 0 Å². The van der Waals surface area contributed by atoms with Crippen LogP contribution in [0.5, 0.6) is 0 Å². The first-order chi connectivity index (χ1) is 8.70. The van der Waals surface area contributed by atoms with E-state index in [2.05, 4.69) is 39.9 Å². The summed E-state index contributed by atoms with van der Waals surface area (Å²) in [7, 11) is 0. The molecular formula is C16H31NO2. The molecule has 2 rings (SSSR count). The quantitative estimate of drug-likeness (QED) is 0.851. The van der Waals surface area contributed by atoms with Crippen molar-refractivity contribution < 1.29 is 9.47 Å². The van der Waals surface area contributed by atoms with E-state index in [0.29, 0.717) is 11.5 Å². The summed E-state index contributed by atoms with van der Waals surface area (Å²) in [5.74, 6) is -0.230. The third kappa shape index (κ3) is 4.44. The van der Waals surface area contributed by atoms with Crippen LogP contribution in [-0.4, -0.2) is 30.6 Å². The molecule has 1 heterocycles. The molecule has 0 aromatic heterocycles. The van der Waals surface area contributed by atoms with Gasteiger partial charge in [0.05, 0.1) is 13.2 Å². The molecule has 0 aromatic carbocycles. The Bertz CT molecular complexity index is 290. The molecular weight excluding hydrogens is 238 g/mol. The first-order valence-electron chi connectivity index (χ1n) is 7.75. The van der Waals surface area contributed by atoms with Gasteiger partial charge in [0.25, 0.3) is 0 Å². The highest BCUT2D eigenvalue weighted by molar-refractivity contribution is 4.91. The van der Waals surface area contributed by atoms with Gasteiger partial charge < -0.3 is 14.8 Å². The molecule has 3 heteroatoms. The predicted octanol–water partition coefficient (Wildman–Crippen LogP) is 3.48. The van der Waals surface area contributed by atoms with E-state index in [4.69, 9.17) is 9.47 Å². The number of hydrogen-bond donors (Lipinski definition) is 1. The minimum atomic E-state index is -0.230. The van der Waals surface area contributed by atoms with Gasteiger partial charge >= 0.3 is 0 Å². The second kappa shape index (κ2) is 5.34. The van der Waals surface area contributed by atoms with Gasteiger partial charge in [-0.05, 0) is 38.5 Å². The number of nitrogens with one attached hydrogen (secondary N) is 1. The summed E-state index contributed by atoms with van der Waals surface area (Å²) >= 11 is 0. The molecule has 2 fully saturated rings. The molecule has 0 atom stereocenters. The van der Waals surface area contributed by atoms with Gasteiger partial charge in [-0.2, -0.15) is 0 Å². The van der Waals surface area contributed by atoms with Crippen LogP contribution in [0.25, 0.3) is 0 Å². The van der Waals surface area contributed by atoms with Gasteiger partial charge in [0.2, 0.25) is 0 Å². The largest absolute Gasteiger partial charge is 0.348 e. The van der Waals surface area contributed by atoms with Crippen LogP contribution in [0, 0.1) is 5.41 Å². The Labute approximate surface area is 118 Å². The molecule has 19 heavy (non-hydrogen) atoms. The minimum Gasteiger partial charge on any atom is -0.348 e. The summed E-state index contributed by atoms with van der Waals surface area (Å²) in [4.78, 5) is 0. The van der Waals surface area contributed by atoms with Gasteiger partial charge in [0.1, 0.15) is 0 Å². The molecule has 1 N–H and O–H groups in total. The molecule has 0 aromatic rings. The van der Waals surface area contributed by atoms with Crippen molar-refractivity contribution in [1.29, 1.82) is 0 Å². The Kier molecular flexibility index (Phi) is 4.29. The third-order valence-electron chi connectivity index (χ3n) is 4.13. The van der Waals surface area contributed by atoms with E-state index in [1.165, 1.54) is 6.42 Å². The maximum Gasteiger partial charge on any atom is 0.168 e. The zero-order chi connectivity index (χ0) is 14.1. The molecule has 2 aliphatic rings. The zero-order valence-electron chi connectivity index (χ0n) is 13.3. The summed E-state index contributed by atoms with van der Waals surface area (Å²) in [6.07, 6.45) is 5.59. The number of ether oxygens (including phenoxy) is 2. The first kappa shape index (κ1) is 15.3. The monoisotopic (exact) mass is 269 g/mol. The lowest BCUT2D eigenvalue weighted by Crippen LogP contribution is -2.51. The van der Waals surface area contributed by atoms with E-state index in [9.17, 15) is 0 Å². The summed E-state index contributed by atoms with van der Waals surface area (Å²) in [6.45, 7) is 13.1. The molecule has 0 unspecified atom stereocenters. The van der Waals surface area contributed by atoms with Gasteiger partial charge in [0.15, 0.2) is 5.79 Å². The van der Waals surface area contributed by atoms with Gasteiger partial charge in [-0.15, -0.1) is 0 Å². The highest BCUT2D eigenvalue weighted by atomic mass is 16.7. The van der Waals surface area contributed by atoms with E-state index in [0.717, 1.165) is 38.9 Å². The Hall–Kier alpha value is -0.120. The lowest BCUT2D eigenvalue weighted by molar-refractivity contribution is -0.180. The summed E-state index contributed by atoms with van der Waals surface area (Å²) in [6, 6.07) is 0.607. The van der Waals surface area contributed by atoms with Crippen LogP contribution in [0.3, 0.4) is 0 Å². The standard InChI is InChI=1S/C16H31NO2/c1-14(2,3)12-15(4,5)17-13-6-8-16(9-7-13)18-10-11-19-16/h13,17H,6-12H2,1-5H3. The summed E-state index contributed by atoms with van der Waals surface area (Å²) < 4.78 is 11.6. The second-order valence-electron chi connectivity index (χ2n) is 8.15. The average molecular weight is 269 g/mol. The van der Waals surface area contributed by atoms with Crippen molar-refractivity contribution in [2.75, 3.05) is 13.2 Å². The minimum absolute atomic E-state index is 0.199. The van der Waals surface area contributed by atoms with Gasteiger partial charge in [0, 0.05) is 24.4 Å². The molecule has 0 bridgehead atoms. The Balaban J connectivity index is 1.81. The van der Waals surface area contributed by atoms with Crippen molar-refractivity contribution in [3.8, 4) is 0 Å². The van der Waals surface area contributed by atoms with Crippen molar-refractivity contribution >= 4 is 0 Å². The Morgan fingerprint density at radius 2 is 1.53 bits per heavy atom. The lowest BCUT2D eigenvalue weighted by Gasteiger charge is -2.41. The smallest absolute Gasteiger partial charge is 0.168 e. The predicted molar refractivity (Wildman–Crippen MR) is 78.2 cm³/mol. The first-order valence-corrected chi connectivity index (χ1v) is 7.75. The highest BCUT2D eigenvalue weighted by Gasteiger charge is 2.41. The summed E-state index contributed by atoms with van der Waals surface area (Å²) in [5, 5.41) is 3.85. The molecule has 1 spiro atoms. The second-order valence-corrected chi connectivity index (χ2v) is 8.15. The number of rotatable bonds is 3. The normalized spacial score (nSPS) is 25.1. The maximum atomic E-state index is 5.79. The van der Waals surface area contributed by atoms with Crippen LogP contribution >= 0.6 is 0 Å². The van der Waals surface area contributed by atoms with Crippen LogP contribution in [0.1, 0.15) is 66.7 Å². The molecule has 3 nitrogen and oxygen atoms in total.